The van der Waals surface area contributed by atoms with Crippen LogP contribution in [-0.2, 0) is 14.8 Å². The van der Waals surface area contributed by atoms with Crippen LogP contribution < -0.4 is 4.74 Å². The Morgan fingerprint density at radius 2 is 1.68 bits per heavy atom. The van der Waals surface area contributed by atoms with Gasteiger partial charge in [0.25, 0.3) is 10.0 Å². The van der Waals surface area contributed by atoms with E-state index in [9.17, 15) is 13.2 Å². The Balaban J connectivity index is 2.06. The highest BCUT2D eigenvalue weighted by Gasteiger charge is 2.36. The van der Waals surface area contributed by atoms with Crippen LogP contribution in [0.5, 0.6) is 5.75 Å². The van der Waals surface area contributed by atoms with Crippen LogP contribution in [0.2, 0.25) is 0 Å². The van der Waals surface area contributed by atoms with E-state index in [1.165, 1.54) is 12.1 Å². The standard InChI is InChI=1S/C18H18N2O4S/c1-13-3-9-16(10-4-13)25(22,23)20-17(21)11-12-19-18(20)14-5-7-15(24-2)8-6-14/h3-10H,11-12H2,1-2H3. The molecule has 25 heavy (non-hydrogen) atoms. The number of carbonyl (C=O) groups is 1. The fourth-order valence-electron chi connectivity index (χ4n) is 2.55. The Labute approximate surface area is 146 Å². The molecule has 2 aromatic carbocycles. The van der Waals surface area contributed by atoms with Gasteiger partial charge in [-0.15, -0.1) is 0 Å². The number of methoxy groups -OCH3 is 1. The van der Waals surface area contributed by atoms with Crippen LogP contribution in [0.3, 0.4) is 0 Å². The van der Waals surface area contributed by atoms with Crippen molar-refractivity contribution in [1.29, 1.82) is 0 Å². The number of benzene rings is 2. The van der Waals surface area contributed by atoms with Crippen molar-refractivity contribution in [3.8, 4) is 5.75 Å². The predicted molar refractivity (Wildman–Crippen MR) is 94.2 cm³/mol. The molecule has 1 heterocycles. The first kappa shape index (κ1) is 17.2. The molecule has 130 valence electrons. The number of amidine groups is 1. The number of hydrogen-bond donors (Lipinski definition) is 0. The highest BCUT2D eigenvalue weighted by molar-refractivity contribution is 7.90. The summed E-state index contributed by atoms with van der Waals surface area (Å²) in [6.07, 6.45) is 0.0603. The van der Waals surface area contributed by atoms with E-state index in [-0.39, 0.29) is 23.7 Å². The number of sulfonamides is 1. The summed E-state index contributed by atoms with van der Waals surface area (Å²) in [5, 5.41) is 0. The minimum atomic E-state index is -4.02. The Bertz CT molecular complexity index is 917. The van der Waals surface area contributed by atoms with Crippen molar-refractivity contribution >= 4 is 21.8 Å². The van der Waals surface area contributed by atoms with Crippen LogP contribution in [0.15, 0.2) is 58.4 Å². The minimum absolute atomic E-state index is 0.0603. The van der Waals surface area contributed by atoms with Gasteiger partial charge in [-0.1, -0.05) is 17.7 Å². The summed E-state index contributed by atoms with van der Waals surface area (Å²) in [6.45, 7) is 2.13. The van der Waals surface area contributed by atoms with E-state index >= 15 is 0 Å². The average molecular weight is 358 g/mol. The van der Waals surface area contributed by atoms with Crippen LogP contribution in [-0.4, -0.2) is 38.1 Å². The smallest absolute Gasteiger partial charge is 0.272 e. The second kappa shape index (κ2) is 6.68. The van der Waals surface area contributed by atoms with E-state index in [4.69, 9.17) is 4.74 Å². The summed E-state index contributed by atoms with van der Waals surface area (Å²) in [6, 6.07) is 13.2. The quantitative estimate of drug-likeness (QED) is 0.841. The van der Waals surface area contributed by atoms with E-state index in [2.05, 4.69) is 4.99 Å². The van der Waals surface area contributed by atoms with Crippen LogP contribution >= 0.6 is 0 Å². The van der Waals surface area contributed by atoms with Crippen molar-refractivity contribution in [3.63, 3.8) is 0 Å². The van der Waals surface area contributed by atoms with Crippen molar-refractivity contribution in [2.75, 3.05) is 13.7 Å². The number of carbonyl (C=O) groups excluding carboxylic acids is 1. The van der Waals surface area contributed by atoms with Gasteiger partial charge in [0.1, 0.15) is 5.75 Å². The highest BCUT2D eigenvalue weighted by Crippen LogP contribution is 2.24. The van der Waals surface area contributed by atoms with Gasteiger partial charge in [0.15, 0.2) is 5.84 Å². The van der Waals surface area contributed by atoms with Crippen molar-refractivity contribution in [3.05, 3.63) is 59.7 Å². The predicted octanol–water partition coefficient (Wildman–Crippen LogP) is 2.37. The van der Waals surface area contributed by atoms with Crippen molar-refractivity contribution in [2.45, 2.75) is 18.2 Å². The topological polar surface area (TPSA) is 76.0 Å². The number of rotatable bonds is 4. The second-order valence-corrected chi connectivity index (χ2v) is 7.45. The van der Waals surface area contributed by atoms with Crippen molar-refractivity contribution in [1.82, 2.24) is 4.31 Å². The van der Waals surface area contributed by atoms with Gasteiger partial charge in [-0.05, 0) is 43.3 Å². The molecule has 0 unspecified atom stereocenters. The lowest BCUT2D eigenvalue weighted by Gasteiger charge is -2.27. The lowest BCUT2D eigenvalue weighted by molar-refractivity contribution is -0.124. The molecule has 0 N–H and O–H groups in total. The molecule has 1 amide bonds. The first-order chi connectivity index (χ1) is 11.9. The fraction of sp³-hybridized carbons (Fsp3) is 0.222. The molecular formula is C18H18N2O4S. The van der Waals surface area contributed by atoms with Gasteiger partial charge in [-0.25, -0.2) is 8.42 Å². The molecule has 1 aliphatic heterocycles. The Morgan fingerprint density at radius 1 is 1.04 bits per heavy atom. The summed E-state index contributed by atoms with van der Waals surface area (Å²) >= 11 is 0. The van der Waals surface area contributed by atoms with Gasteiger partial charge in [-0.2, -0.15) is 4.31 Å². The van der Waals surface area contributed by atoms with E-state index < -0.39 is 15.9 Å². The average Bonchev–Trinajstić information content (AvgIpc) is 2.61. The molecule has 6 nitrogen and oxygen atoms in total. The normalized spacial score (nSPS) is 15.0. The molecule has 0 saturated carbocycles. The third-order valence-corrected chi connectivity index (χ3v) is 5.64. The maximum absolute atomic E-state index is 13.0. The first-order valence-electron chi connectivity index (χ1n) is 7.77. The summed E-state index contributed by atoms with van der Waals surface area (Å²) in [4.78, 5) is 16.8. The van der Waals surface area contributed by atoms with Crippen LogP contribution in [0.25, 0.3) is 0 Å². The van der Waals surface area contributed by atoms with Crippen molar-refractivity contribution < 1.29 is 17.9 Å². The summed E-state index contributed by atoms with van der Waals surface area (Å²) in [5.41, 5.74) is 1.48. The highest BCUT2D eigenvalue weighted by atomic mass is 32.2. The zero-order valence-electron chi connectivity index (χ0n) is 14.0. The monoisotopic (exact) mass is 358 g/mol. The van der Waals surface area contributed by atoms with Gasteiger partial charge in [0, 0.05) is 12.0 Å². The maximum atomic E-state index is 13.0. The molecule has 0 fully saturated rings. The molecular weight excluding hydrogens is 340 g/mol. The maximum Gasteiger partial charge on any atom is 0.272 e. The number of amides is 1. The van der Waals surface area contributed by atoms with Gasteiger partial charge in [0.05, 0.1) is 18.6 Å². The molecule has 0 saturated heterocycles. The zero-order valence-corrected chi connectivity index (χ0v) is 14.8. The molecule has 0 radical (unpaired) electrons. The third kappa shape index (κ3) is 3.28. The molecule has 2 aromatic rings. The zero-order chi connectivity index (χ0) is 18.0. The largest absolute Gasteiger partial charge is 0.497 e. The SMILES string of the molecule is COc1ccc(C2=NCCC(=O)N2S(=O)(=O)c2ccc(C)cc2)cc1. The lowest BCUT2D eigenvalue weighted by atomic mass is 10.1. The first-order valence-corrected chi connectivity index (χ1v) is 9.21. The van der Waals surface area contributed by atoms with Gasteiger partial charge in [0.2, 0.25) is 5.91 Å². The van der Waals surface area contributed by atoms with Gasteiger partial charge < -0.3 is 4.74 Å². The molecule has 3 rings (SSSR count). The molecule has 7 heteroatoms. The van der Waals surface area contributed by atoms with E-state index in [0.717, 1.165) is 9.87 Å². The molecule has 0 bridgehead atoms. The lowest BCUT2D eigenvalue weighted by Crippen LogP contribution is -2.45. The van der Waals surface area contributed by atoms with Crippen LogP contribution in [0.4, 0.5) is 0 Å². The van der Waals surface area contributed by atoms with Crippen LogP contribution in [0, 0.1) is 6.92 Å². The summed E-state index contributed by atoms with van der Waals surface area (Å²) in [5.74, 6) is 0.292. The van der Waals surface area contributed by atoms with Gasteiger partial charge in [-0.3, -0.25) is 9.79 Å². The van der Waals surface area contributed by atoms with E-state index in [1.54, 1.807) is 43.5 Å². The van der Waals surface area contributed by atoms with Crippen LogP contribution in [0.1, 0.15) is 17.5 Å². The fourth-order valence-corrected chi connectivity index (χ4v) is 3.99. The number of nitrogens with zero attached hydrogens (tertiary/aromatic N) is 2. The molecule has 0 atom stereocenters. The number of aliphatic imine (C=N–C) groups is 1. The van der Waals surface area contributed by atoms with Crippen molar-refractivity contribution in [2.24, 2.45) is 4.99 Å². The molecule has 0 aromatic heterocycles. The number of hydrogen-bond acceptors (Lipinski definition) is 5. The molecule has 1 aliphatic rings. The third-order valence-electron chi connectivity index (χ3n) is 3.91. The summed E-state index contributed by atoms with van der Waals surface area (Å²) in [7, 11) is -2.47. The number of aryl methyl sites for hydroxylation is 1. The Kier molecular flexibility index (Phi) is 4.59. The summed E-state index contributed by atoms with van der Waals surface area (Å²) < 4.78 is 32.0. The van der Waals surface area contributed by atoms with E-state index in [1.807, 2.05) is 6.92 Å². The second-order valence-electron chi connectivity index (χ2n) is 5.66. The minimum Gasteiger partial charge on any atom is -0.497 e. The Hall–Kier alpha value is -2.67. The van der Waals surface area contributed by atoms with E-state index in [0.29, 0.717) is 11.3 Å². The molecule has 0 aliphatic carbocycles. The molecule has 0 spiro atoms. The Morgan fingerprint density at radius 3 is 2.28 bits per heavy atom. The van der Waals surface area contributed by atoms with Gasteiger partial charge >= 0.3 is 0 Å². The number of ether oxygens (including phenoxy) is 1.